The molecule has 7 nitrogen and oxygen atoms in total. The van der Waals surface area contributed by atoms with Crippen LogP contribution in [-0.2, 0) is 9.59 Å². The normalized spacial score (nSPS) is 16.5. The Labute approximate surface area is 204 Å². The average molecular weight is 482 g/mol. The minimum atomic E-state index is -0.597. The molecule has 2 amide bonds. The van der Waals surface area contributed by atoms with E-state index >= 15 is 0 Å². The average Bonchev–Trinajstić information content (AvgIpc) is 3.47. The third kappa shape index (κ3) is 5.09. The van der Waals surface area contributed by atoms with E-state index < -0.39 is 12.0 Å². The van der Waals surface area contributed by atoms with E-state index in [0.29, 0.717) is 29.5 Å². The first-order valence-electron chi connectivity index (χ1n) is 11.4. The molecule has 2 unspecified atom stereocenters. The number of hydrogen-bond donors (Lipinski definition) is 1. The second kappa shape index (κ2) is 10.3. The number of carbonyl (C=O) groups is 2. The maximum Gasteiger partial charge on any atom is 0.275 e. The first-order valence-corrected chi connectivity index (χ1v) is 11.8. The van der Waals surface area contributed by atoms with Crippen molar-refractivity contribution >= 4 is 23.4 Å². The van der Waals surface area contributed by atoms with Crippen LogP contribution in [-0.4, -0.2) is 34.5 Å². The van der Waals surface area contributed by atoms with Crippen molar-refractivity contribution in [1.29, 1.82) is 0 Å². The van der Waals surface area contributed by atoms with Gasteiger partial charge in [-0.25, -0.2) is 0 Å². The largest absolute Gasteiger partial charge is 0.379 e. The molecular weight excluding hydrogens is 454 g/mol. The van der Waals surface area contributed by atoms with Gasteiger partial charge in [0.05, 0.1) is 5.69 Å². The Hall–Kier alpha value is -3.32. The lowest BCUT2D eigenvalue weighted by Crippen LogP contribution is -2.48. The van der Waals surface area contributed by atoms with Crippen LogP contribution in [0.3, 0.4) is 0 Å². The lowest BCUT2D eigenvalue weighted by atomic mass is 9.91. The van der Waals surface area contributed by atoms with Gasteiger partial charge in [0, 0.05) is 23.2 Å². The standard InChI is InChI=1S/C26H28ClN3O4/c1-16(2)24(23-15-17(3)28-34-23)26(32)30-14-6-9-22(30)25(31)29-33-19-12-10-18(11-13-19)20-7-4-5-8-21(20)27/h4-5,7-8,10-13,15-16,22,24H,6,9,14H2,1-3H3,(H,29,31). The van der Waals surface area contributed by atoms with Gasteiger partial charge < -0.3 is 14.3 Å². The molecule has 2 atom stereocenters. The molecule has 1 aliphatic heterocycles. The number of benzene rings is 2. The summed E-state index contributed by atoms with van der Waals surface area (Å²) in [6, 6.07) is 16.0. The summed E-state index contributed by atoms with van der Waals surface area (Å²) in [5.74, 6) is 0.0331. The third-order valence-corrected chi connectivity index (χ3v) is 6.36. The van der Waals surface area contributed by atoms with E-state index in [1.54, 1.807) is 23.1 Å². The molecule has 178 valence electrons. The van der Waals surface area contributed by atoms with E-state index in [-0.39, 0.29) is 17.7 Å². The van der Waals surface area contributed by atoms with Gasteiger partial charge in [-0.05, 0) is 49.4 Å². The SMILES string of the molecule is Cc1cc(C(C(=O)N2CCCC2C(=O)NOc2ccc(-c3ccccc3Cl)cc2)C(C)C)on1. The molecule has 1 aromatic heterocycles. The highest BCUT2D eigenvalue weighted by Crippen LogP contribution is 2.31. The Morgan fingerprint density at radius 1 is 1.18 bits per heavy atom. The van der Waals surface area contributed by atoms with E-state index in [1.165, 1.54) is 0 Å². The summed E-state index contributed by atoms with van der Waals surface area (Å²) in [6.07, 6.45) is 1.32. The molecule has 34 heavy (non-hydrogen) atoms. The predicted octanol–water partition coefficient (Wildman–Crippen LogP) is 5.14. The fraction of sp³-hybridized carbons (Fsp3) is 0.346. The number of nitrogens with one attached hydrogen (secondary N) is 1. The lowest BCUT2D eigenvalue weighted by molar-refractivity contribution is -0.143. The summed E-state index contributed by atoms with van der Waals surface area (Å²) in [7, 11) is 0. The summed E-state index contributed by atoms with van der Waals surface area (Å²) in [6.45, 7) is 6.25. The second-order valence-corrected chi connectivity index (χ2v) is 9.26. The minimum Gasteiger partial charge on any atom is -0.379 e. The summed E-state index contributed by atoms with van der Waals surface area (Å²) >= 11 is 6.27. The van der Waals surface area contributed by atoms with Gasteiger partial charge in [0.1, 0.15) is 17.7 Å². The number of aromatic nitrogens is 1. The number of amides is 2. The van der Waals surface area contributed by atoms with Crippen LogP contribution < -0.4 is 10.3 Å². The predicted molar refractivity (Wildman–Crippen MR) is 129 cm³/mol. The van der Waals surface area contributed by atoms with Gasteiger partial charge in [-0.1, -0.05) is 60.9 Å². The van der Waals surface area contributed by atoms with Crippen molar-refractivity contribution in [3.8, 4) is 16.9 Å². The summed E-state index contributed by atoms with van der Waals surface area (Å²) < 4.78 is 5.39. The van der Waals surface area contributed by atoms with Gasteiger partial charge >= 0.3 is 0 Å². The van der Waals surface area contributed by atoms with E-state index in [0.717, 1.165) is 23.2 Å². The molecule has 0 aliphatic carbocycles. The van der Waals surface area contributed by atoms with Gasteiger partial charge in [0.25, 0.3) is 5.91 Å². The Kier molecular flexibility index (Phi) is 7.22. The zero-order chi connectivity index (χ0) is 24.2. The van der Waals surface area contributed by atoms with Crippen molar-refractivity contribution in [2.75, 3.05) is 6.54 Å². The Balaban J connectivity index is 1.40. The third-order valence-electron chi connectivity index (χ3n) is 6.03. The Morgan fingerprint density at radius 3 is 2.56 bits per heavy atom. The van der Waals surface area contributed by atoms with E-state index in [4.69, 9.17) is 21.0 Å². The van der Waals surface area contributed by atoms with Crippen LogP contribution in [0.1, 0.15) is 44.1 Å². The molecule has 0 saturated carbocycles. The van der Waals surface area contributed by atoms with Crippen molar-refractivity contribution in [2.45, 2.75) is 45.6 Å². The molecule has 8 heteroatoms. The Morgan fingerprint density at radius 2 is 1.91 bits per heavy atom. The van der Waals surface area contributed by atoms with Crippen LogP contribution in [0, 0.1) is 12.8 Å². The zero-order valence-corrected chi connectivity index (χ0v) is 20.2. The molecule has 1 saturated heterocycles. The van der Waals surface area contributed by atoms with E-state index in [1.807, 2.05) is 57.2 Å². The number of hydrogen-bond acceptors (Lipinski definition) is 5. The van der Waals surface area contributed by atoms with Crippen molar-refractivity contribution < 1.29 is 18.9 Å². The monoisotopic (exact) mass is 481 g/mol. The lowest BCUT2D eigenvalue weighted by Gasteiger charge is -2.28. The molecular formula is C26H28ClN3O4. The molecule has 1 aliphatic rings. The van der Waals surface area contributed by atoms with Crippen molar-refractivity contribution in [3.63, 3.8) is 0 Å². The van der Waals surface area contributed by atoms with Gasteiger partial charge in [0.15, 0.2) is 5.75 Å². The van der Waals surface area contributed by atoms with Gasteiger partial charge in [-0.3, -0.25) is 9.59 Å². The van der Waals surface area contributed by atoms with Gasteiger partial charge in [-0.2, -0.15) is 5.48 Å². The summed E-state index contributed by atoms with van der Waals surface area (Å²) in [4.78, 5) is 33.5. The van der Waals surface area contributed by atoms with E-state index in [2.05, 4.69) is 10.6 Å². The van der Waals surface area contributed by atoms with E-state index in [9.17, 15) is 9.59 Å². The smallest absolute Gasteiger partial charge is 0.275 e. The molecule has 3 aromatic rings. The topological polar surface area (TPSA) is 84.7 Å². The fourth-order valence-corrected chi connectivity index (χ4v) is 4.57. The molecule has 1 fully saturated rings. The number of likely N-dealkylation sites (tertiary alicyclic amines) is 1. The van der Waals surface area contributed by atoms with Gasteiger partial charge in [0.2, 0.25) is 5.91 Å². The number of aryl methyl sites for hydroxylation is 1. The molecule has 0 spiro atoms. The highest BCUT2D eigenvalue weighted by molar-refractivity contribution is 6.33. The van der Waals surface area contributed by atoms with Crippen LogP contribution in [0.15, 0.2) is 59.1 Å². The number of rotatable bonds is 7. The molecule has 2 aromatic carbocycles. The highest BCUT2D eigenvalue weighted by Gasteiger charge is 2.40. The summed E-state index contributed by atoms with van der Waals surface area (Å²) in [5, 5.41) is 4.59. The minimum absolute atomic E-state index is 0.00274. The van der Waals surface area contributed by atoms with Crippen molar-refractivity contribution in [3.05, 3.63) is 71.1 Å². The Bertz CT molecular complexity index is 1160. The second-order valence-electron chi connectivity index (χ2n) is 8.85. The molecule has 1 N–H and O–H groups in total. The number of nitrogens with zero attached hydrogens (tertiary/aromatic N) is 2. The van der Waals surface area contributed by atoms with Crippen molar-refractivity contribution in [2.24, 2.45) is 5.92 Å². The number of carbonyl (C=O) groups excluding carboxylic acids is 2. The maximum atomic E-state index is 13.4. The van der Waals surface area contributed by atoms with Crippen LogP contribution in [0.2, 0.25) is 5.02 Å². The molecule has 2 heterocycles. The zero-order valence-electron chi connectivity index (χ0n) is 19.5. The van der Waals surface area contributed by atoms with Crippen LogP contribution in [0.4, 0.5) is 0 Å². The fourth-order valence-electron chi connectivity index (χ4n) is 4.32. The molecule has 4 rings (SSSR count). The number of hydroxylamine groups is 1. The molecule has 0 bridgehead atoms. The first kappa shape index (κ1) is 23.8. The van der Waals surface area contributed by atoms with Gasteiger partial charge in [-0.15, -0.1) is 0 Å². The van der Waals surface area contributed by atoms with Crippen LogP contribution in [0.5, 0.6) is 5.75 Å². The first-order chi connectivity index (χ1) is 16.3. The van der Waals surface area contributed by atoms with Crippen LogP contribution in [0.25, 0.3) is 11.1 Å². The highest BCUT2D eigenvalue weighted by atomic mass is 35.5. The van der Waals surface area contributed by atoms with Crippen LogP contribution >= 0.6 is 11.6 Å². The molecule has 0 radical (unpaired) electrons. The van der Waals surface area contributed by atoms with Crippen molar-refractivity contribution in [1.82, 2.24) is 15.5 Å². The number of halogens is 1. The maximum absolute atomic E-state index is 13.4. The quantitative estimate of drug-likeness (QED) is 0.472. The summed E-state index contributed by atoms with van der Waals surface area (Å²) in [5.41, 5.74) is 5.10.